The molecular weight excluding hydrogens is 238 g/mol. The standard InChI is InChI=1S/C15H29N3O/c1-6-8-16-14(13(5)7-2)11-17-9-10-18(12(3)4)15(17)19/h9-10,12-14,16H,6-8,11H2,1-5H3. The van der Waals surface area contributed by atoms with Crippen LogP contribution in [0.5, 0.6) is 0 Å². The molecule has 2 atom stereocenters. The second-order valence-corrected chi connectivity index (χ2v) is 5.68. The summed E-state index contributed by atoms with van der Waals surface area (Å²) in [4.78, 5) is 12.2. The van der Waals surface area contributed by atoms with Crippen LogP contribution in [0.1, 0.15) is 53.5 Å². The van der Waals surface area contributed by atoms with E-state index in [0.29, 0.717) is 12.0 Å². The van der Waals surface area contributed by atoms with Crippen molar-refractivity contribution >= 4 is 0 Å². The van der Waals surface area contributed by atoms with Gasteiger partial charge in [0.05, 0.1) is 0 Å². The summed E-state index contributed by atoms with van der Waals surface area (Å²) in [5, 5.41) is 3.57. The van der Waals surface area contributed by atoms with Gasteiger partial charge in [-0.2, -0.15) is 0 Å². The van der Waals surface area contributed by atoms with Gasteiger partial charge in [-0.25, -0.2) is 4.79 Å². The van der Waals surface area contributed by atoms with Gasteiger partial charge in [-0.05, 0) is 32.7 Å². The molecule has 0 aromatic carbocycles. The highest BCUT2D eigenvalue weighted by molar-refractivity contribution is 4.86. The highest BCUT2D eigenvalue weighted by Crippen LogP contribution is 2.10. The van der Waals surface area contributed by atoms with Gasteiger partial charge in [0.1, 0.15) is 0 Å². The summed E-state index contributed by atoms with van der Waals surface area (Å²) in [5.41, 5.74) is 0.0987. The van der Waals surface area contributed by atoms with Crippen molar-refractivity contribution in [2.24, 2.45) is 5.92 Å². The fourth-order valence-electron chi connectivity index (χ4n) is 2.23. The summed E-state index contributed by atoms with van der Waals surface area (Å²) in [7, 11) is 0. The minimum absolute atomic E-state index is 0.0987. The number of imidazole rings is 1. The number of rotatable bonds is 8. The molecule has 1 rings (SSSR count). The Labute approximate surface area is 116 Å². The Morgan fingerprint density at radius 1 is 1.21 bits per heavy atom. The normalized spacial score (nSPS) is 14.8. The van der Waals surface area contributed by atoms with Gasteiger partial charge < -0.3 is 5.32 Å². The van der Waals surface area contributed by atoms with Gasteiger partial charge in [-0.1, -0.05) is 27.2 Å². The predicted molar refractivity (Wildman–Crippen MR) is 80.6 cm³/mol. The van der Waals surface area contributed by atoms with Gasteiger partial charge in [-0.3, -0.25) is 9.13 Å². The van der Waals surface area contributed by atoms with Crippen molar-refractivity contribution < 1.29 is 0 Å². The molecule has 1 heterocycles. The van der Waals surface area contributed by atoms with Crippen molar-refractivity contribution in [2.45, 2.75) is 66.1 Å². The van der Waals surface area contributed by atoms with Crippen LogP contribution in [-0.2, 0) is 6.54 Å². The van der Waals surface area contributed by atoms with Crippen LogP contribution in [0.2, 0.25) is 0 Å². The van der Waals surface area contributed by atoms with Crippen molar-refractivity contribution in [3.8, 4) is 0 Å². The lowest BCUT2D eigenvalue weighted by atomic mass is 9.99. The van der Waals surface area contributed by atoms with Crippen LogP contribution in [-0.4, -0.2) is 21.7 Å². The lowest BCUT2D eigenvalue weighted by molar-refractivity contribution is 0.325. The lowest BCUT2D eigenvalue weighted by Gasteiger charge is -2.24. The lowest BCUT2D eigenvalue weighted by Crippen LogP contribution is -2.41. The maximum absolute atomic E-state index is 12.2. The zero-order chi connectivity index (χ0) is 14.4. The SMILES string of the molecule is CCCNC(Cn1ccn(C(C)C)c1=O)C(C)CC. The maximum atomic E-state index is 12.2. The first-order valence-corrected chi connectivity index (χ1v) is 7.51. The van der Waals surface area contributed by atoms with Gasteiger partial charge in [0, 0.05) is 31.0 Å². The van der Waals surface area contributed by atoms with Crippen LogP contribution in [0.3, 0.4) is 0 Å². The number of nitrogens with zero attached hydrogens (tertiary/aromatic N) is 2. The van der Waals surface area contributed by atoms with Crippen LogP contribution < -0.4 is 11.0 Å². The predicted octanol–water partition coefficient (Wildman–Crippen LogP) is 2.65. The second-order valence-electron chi connectivity index (χ2n) is 5.68. The molecule has 4 heteroatoms. The van der Waals surface area contributed by atoms with Crippen molar-refractivity contribution in [1.82, 2.24) is 14.5 Å². The molecule has 0 aliphatic rings. The molecule has 0 bridgehead atoms. The third kappa shape index (κ3) is 4.23. The zero-order valence-corrected chi connectivity index (χ0v) is 13.0. The van der Waals surface area contributed by atoms with Gasteiger partial charge >= 0.3 is 5.69 Å². The average molecular weight is 267 g/mol. The summed E-state index contributed by atoms with van der Waals surface area (Å²) in [6.45, 7) is 12.5. The molecule has 0 amide bonds. The molecule has 19 heavy (non-hydrogen) atoms. The van der Waals surface area contributed by atoms with Crippen LogP contribution in [0.4, 0.5) is 0 Å². The summed E-state index contributed by atoms with van der Waals surface area (Å²) in [5.74, 6) is 0.570. The quantitative estimate of drug-likeness (QED) is 0.786. The first-order chi connectivity index (χ1) is 9.01. The van der Waals surface area contributed by atoms with E-state index in [1.807, 2.05) is 30.8 Å². The highest BCUT2D eigenvalue weighted by Gasteiger charge is 2.17. The molecule has 4 nitrogen and oxygen atoms in total. The fourth-order valence-corrected chi connectivity index (χ4v) is 2.23. The van der Waals surface area contributed by atoms with E-state index in [1.54, 1.807) is 4.57 Å². The third-order valence-electron chi connectivity index (χ3n) is 3.81. The molecule has 0 aliphatic carbocycles. The topological polar surface area (TPSA) is 39.0 Å². The van der Waals surface area contributed by atoms with Crippen molar-refractivity contribution in [1.29, 1.82) is 0 Å². The molecule has 0 spiro atoms. The third-order valence-corrected chi connectivity index (χ3v) is 3.81. The molecule has 1 N–H and O–H groups in total. The molecule has 0 radical (unpaired) electrons. The van der Waals surface area contributed by atoms with E-state index in [0.717, 1.165) is 25.9 Å². The number of hydrogen-bond donors (Lipinski definition) is 1. The summed E-state index contributed by atoms with van der Waals surface area (Å²) < 4.78 is 3.62. The molecule has 0 saturated heterocycles. The van der Waals surface area contributed by atoms with E-state index < -0.39 is 0 Å². The average Bonchev–Trinajstić information content (AvgIpc) is 2.75. The molecule has 1 aromatic heterocycles. The van der Waals surface area contributed by atoms with Gasteiger partial charge in [-0.15, -0.1) is 0 Å². The maximum Gasteiger partial charge on any atom is 0.328 e. The Kier molecular flexibility index (Phi) is 6.35. The van der Waals surface area contributed by atoms with Crippen molar-refractivity contribution in [3.63, 3.8) is 0 Å². The number of nitrogens with one attached hydrogen (secondary N) is 1. The van der Waals surface area contributed by atoms with E-state index in [-0.39, 0.29) is 11.7 Å². The first-order valence-electron chi connectivity index (χ1n) is 7.51. The summed E-state index contributed by atoms with van der Waals surface area (Å²) >= 11 is 0. The molecule has 2 unspecified atom stereocenters. The van der Waals surface area contributed by atoms with E-state index in [1.165, 1.54) is 0 Å². The molecule has 1 aromatic rings. The zero-order valence-electron chi connectivity index (χ0n) is 13.0. The Hall–Kier alpha value is -1.03. The van der Waals surface area contributed by atoms with Crippen LogP contribution in [0.15, 0.2) is 17.2 Å². The minimum atomic E-state index is 0.0987. The van der Waals surface area contributed by atoms with Gasteiger partial charge in [0.25, 0.3) is 0 Å². The Balaban J connectivity index is 2.81. The fraction of sp³-hybridized carbons (Fsp3) is 0.800. The Morgan fingerprint density at radius 2 is 1.89 bits per heavy atom. The minimum Gasteiger partial charge on any atom is -0.312 e. The van der Waals surface area contributed by atoms with Crippen LogP contribution in [0.25, 0.3) is 0 Å². The summed E-state index contributed by atoms with van der Waals surface area (Å²) in [6, 6.07) is 0.588. The number of hydrogen-bond acceptors (Lipinski definition) is 2. The monoisotopic (exact) mass is 267 g/mol. The largest absolute Gasteiger partial charge is 0.328 e. The Morgan fingerprint density at radius 3 is 2.37 bits per heavy atom. The van der Waals surface area contributed by atoms with Gasteiger partial charge in [0.15, 0.2) is 0 Å². The van der Waals surface area contributed by atoms with Crippen molar-refractivity contribution in [2.75, 3.05) is 6.54 Å². The molecule has 0 aliphatic heterocycles. The molecule has 0 saturated carbocycles. The van der Waals surface area contributed by atoms with Crippen LogP contribution in [0, 0.1) is 5.92 Å². The second kappa shape index (κ2) is 7.53. The summed E-state index contributed by atoms with van der Waals surface area (Å²) in [6.07, 6.45) is 6.04. The molecule has 110 valence electrons. The van der Waals surface area contributed by atoms with Crippen molar-refractivity contribution in [3.05, 3.63) is 22.9 Å². The smallest absolute Gasteiger partial charge is 0.312 e. The highest BCUT2D eigenvalue weighted by atomic mass is 16.1. The van der Waals surface area contributed by atoms with E-state index in [2.05, 4.69) is 26.1 Å². The molecular formula is C15H29N3O. The van der Waals surface area contributed by atoms with E-state index >= 15 is 0 Å². The molecule has 0 fully saturated rings. The Bertz CT molecular complexity index is 419. The first kappa shape index (κ1) is 16.0. The van der Waals surface area contributed by atoms with Gasteiger partial charge in [0.2, 0.25) is 0 Å². The number of aromatic nitrogens is 2. The van der Waals surface area contributed by atoms with E-state index in [9.17, 15) is 4.79 Å². The van der Waals surface area contributed by atoms with Crippen LogP contribution >= 0.6 is 0 Å². The van der Waals surface area contributed by atoms with E-state index in [4.69, 9.17) is 0 Å².